The predicted molar refractivity (Wildman–Crippen MR) is 205 cm³/mol. The summed E-state index contributed by atoms with van der Waals surface area (Å²) >= 11 is 1.75. The maximum absolute atomic E-state index is 5.18. The quantitative estimate of drug-likeness (QED) is 0.181. The molecule has 0 bridgehead atoms. The van der Waals surface area contributed by atoms with Gasteiger partial charge in [0, 0.05) is 27.8 Å². The van der Waals surface area contributed by atoms with Crippen LogP contribution in [0, 0.1) is 0 Å². The summed E-state index contributed by atoms with van der Waals surface area (Å²) < 4.78 is 1.19. The lowest BCUT2D eigenvalue weighted by Crippen LogP contribution is -1.97. The molecule has 4 heteroatoms. The molecule has 2 heterocycles. The average molecular weight is 644 g/mol. The number of benzene rings is 7. The van der Waals surface area contributed by atoms with Crippen molar-refractivity contribution >= 4 is 32.3 Å². The van der Waals surface area contributed by atoms with Crippen LogP contribution >= 0.6 is 11.3 Å². The summed E-state index contributed by atoms with van der Waals surface area (Å²) in [6.45, 7) is 0. The Bertz CT molecular complexity index is 2580. The fourth-order valence-corrected chi connectivity index (χ4v) is 7.63. The Morgan fingerprint density at radius 2 is 0.898 bits per heavy atom. The van der Waals surface area contributed by atoms with Crippen LogP contribution in [0.15, 0.2) is 176 Å². The van der Waals surface area contributed by atoms with Gasteiger partial charge in [0.1, 0.15) is 5.01 Å². The van der Waals surface area contributed by atoms with Crippen LogP contribution in [0.1, 0.15) is 0 Å². The first-order valence-corrected chi connectivity index (χ1v) is 17.2. The molecule has 9 aromatic rings. The zero-order chi connectivity index (χ0) is 32.6. The molecule has 0 N–H and O–H groups in total. The van der Waals surface area contributed by atoms with Crippen molar-refractivity contribution < 1.29 is 0 Å². The Balaban J connectivity index is 1.19. The van der Waals surface area contributed by atoms with Crippen LogP contribution in [0.3, 0.4) is 0 Å². The molecular formula is C45H29N3S. The van der Waals surface area contributed by atoms with Crippen LogP contribution in [-0.4, -0.2) is 15.0 Å². The smallest absolute Gasteiger partial charge is 0.160 e. The Morgan fingerprint density at radius 1 is 0.347 bits per heavy atom. The second kappa shape index (κ2) is 12.4. The number of thiazole rings is 1. The fourth-order valence-electron chi connectivity index (χ4n) is 6.54. The van der Waals surface area contributed by atoms with Crippen LogP contribution in [0.5, 0.6) is 0 Å². The van der Waals surface area contributed by atoms with Crippen LogP contribution in [0.25, 0.3) is 87.7 Å². The highest BCUT2D eigenvalue weighted by Gasteiger charge is 2.17. The van der Waals surface area contributed by atoms with Gasteiger partial charge in [0.15, 0.2) is 5.82 Å². The summed E-state index contributed by atoms with van der Waals surface area (Å²) in [7, 11) is 0. The standard InChI is InChI=1S/C45H29N3S/c1-4-13-30(14-5-1)31-23-25-32(26-24-31)41-29-42(47-44(46-41)33-15-6-2-7-16-33)38-28-27-37(35-19-10-11-20-36(35)38)39-21-12-22-40-43(39)49-45(48-40)34-17-8-3-9-18-34/h1-29H. The van der Waals surface area contributed by atoms with E-state index in [1.54, 1.807) is 11.3 Å². The molecule has 0 aliphatic heterocycles. The number of rotatable bonds is 6. The summed E-state index contributed by atoms with van der Waals surface area (Å²) in [6, 6.07) is 61.4. The van der Waals surface area contributed by atoms with Gasteiger partial charge in [-0.05, 0) is 39.6 Å². The summed E-state index contributed by atoms with van der Waals surface area (Å²) in [4.78, 5) is 15.3. The van der Waals surface area contributed by atoms with Crippen molar-refractivity contribution in [2.24, 2.45) is 0 Å². The van der Waals surface area contributed by atoms with Crippen LogP contribution in [0.4, 0.5) is 0 Å². The fraction of sp³-hybridized carbons (Fsp3) is 0. The molecule has 0 saturated heterocycles. The van der Waals surface area contributed by atoms with Crippen molar-refractivity contribution in [3.63, 3.8) is 0 Å². The third-order valence-electron chi connectivity index (χ3n) is 8.97. The van der Waals surface area contributed by atoms with E-state index in [2.05, 4.69) is 146 Å². The maximum Gasteiger partial charge on any atom is 0.160 e. The molecule has 0 fully saturated rings. The molecule has 0 aliphatic carbocycles. The lowest BCUT2D eigenvalue weighted by Gasteiger charge is -2.14. The highest BCUT2D eigenvalue weighted by molar-refractivity contribution is 7.22. The molecule has 230 valence electrons. The van der Waals surface area contributed by atoms with E-state index in [9.17, 15) is 0 Å². The van der Waals surface area contributed by atoms with E-state index < -0.39 is 0 Å². The zero-order valence-corrected chi connectivity index (χ0v) is 27.3. The number of fused-ring (bicyclic) bond motifs is 2. The van der Waals surface area contributed by atoms with E-state index in [-0.39, 0.29) is 0 Å². The molecule has 2 aromatic heterocycles. The van der Waals surface area contributed by atoms with Gasteiger partial charge in [-0.25, -0.2) is 15.0 Å². The first-order valence-electron chi connectivity index (χ1n) is 16.4. The molecule has 49 heavy (non-hydrogen) atoms. The Labute approximate surface area is 288 Å². The van der Waals surface area contributed by atoms with Gasteiger partial charge in [0.05, 0.1) is 21.6 Å². The van der Waals surface area contributed by atoms with Crippen molar-refractivity contribution in [1.29, 1.82) is 0 Å². The number of hydrogen-bond acceptors (Lipinski definition) is 4. The van der Waals surface area contributed by atoms with Crippen LogP contribution < -0.4 is 0 Å². The molecule has 0 aliphatic rings. The lowest BCUT2D eigenvalue weighted by atomic mass is 9.93. The zero-order valence-electron chi connectivity index (χ0n) is 26.5. The van der Waals surface area contributed by atoms with Crippen molar-refractivity contribution in [3.8, 4) is 66.7 Å². The second-order valence-electron chi connectivity index (χ2n) is 12.0. The molecule has 9 rings (SSSR count). The van der Waals surface area contributed by atoms with E-state index >= 15 is 0 Å². The molecule has 7 aromatic carbocycles. The number of nitrogens with zero attached hydrogens (tertiary/aromatic N) is 3. The highest BCUT2D eigenvalue weighted by Crippen LogP contribution is 2.42. The molecule has 3 nitrogen and oxygen atoms in total. The molecule has 0 amide bonds. The first kappa shape index (κ1) is 29.0. The average Bonchev–Trinajstić information content (AvgIpc) is 3.64. The molecule has 0 saturated carbocycles. The number of aromatic nitrogens is 3. The Kier molecular flexibility index (Phi) is 7.34. The van der Waals surface area contributed by atoms with E-state index in [0.717, 1.165) is 49.6 Å². The van der Waals surface area contributed by atoms with Gasteiger partial charge in [-0.3, -0.25) is 0 Å². The van der Waals surface area contributed by atoms with Gasteiger partial charge in [0.2, 0.25) is 0 Å². The monoisotopic (exact) mass is 643 g/mol. The van der Waals surface area contributed by atoms with Crippen molar-refractivity contribution in [1.82, 2.24) is 15.0 Å². The van der Waals surface area contributed by atoms with Gasteiger partial charge >= 0.3 is 0 Å². The molecule has 0 radical (unpaired) electrons. The molecular weight excluding hydrogens is 615 g/mol. The van der Waals surface area contributed by atoms with Gasteiger partial charge in [-0.1, -0.05) is 164 Å². The van der Waals surface area contributed by atoms with E-state index in [4.69, 9.17) is 15.0 Å². The van der Waals surface area contributed by atoms with Crippen molar-refractivity contribution in [2.75, 3.05) is 0 Å². The second-order valence-corrected chi connectivity index (χ2v) is 13.0. The minimum atomic E-state index is 0.705. The Morgan fingerprint density at radius 3 is 1.61 bits per heavy atom. The van der Waals surface area contributed by atoms with Crippen molar-refractivity contribution in [2.45, 2.75) is 0 Å². The van der Waals surface area contributed by atoms with E-state index in [0.29, 0.717) is 5.82 Å². The maximum atomic E-state index is 5.18. The van der Waals surface area contributed by atoms with Crippen LogP contribution in [0.2, 0.25) is 0 Å². The third kappa shape index (κ3) is 5.48. The van der Waals surface area contributed by atoms with E-state index in [1.807, 2.05) is 30.3 Å². The molecule has 0 atom stereocenters. The number of hydrogen-bond donors (Lipinski definition) is 0. The predicted octanol–water partition coefficient (Wildman–Crippen LogP) is 12.2. The van der Waals surface area contributed by atoms with E-state index in [1.165, 1.54) is 32.3 Å². The lowest BCUT2D eigenvalue weighted by molar-refractivity contribution is 1.18. The van der Waals surface area contributed by atoms with Gasteiger partial charge in [-0.2, -0.15) is 0 Å². The topological polar surface area (TPSA) is 38.7 Å². The Hall–Kier alpha value is -6.23. The van der Waals surface area contributed by atoms with Gasteiger partial charge in [-0.15, -0.1) is 11.3 Å². The summed E-state index contributed by atoms with van der Waals surface area (Å²) in [5, 5.41) is 3.35. The SMILES string of the molecule is c1ccc(-c2ccc(-c3cc(-c4ccc(-c5cccc6nc(-c7ccccc7)sc56)c5ccccc45)nc(-c4ccccc4)n3)cc2)cc1. The minimum Gasteiger partial charge on any atom is -0.236 e. The highest BCUT2D eigenvalue weighted by atomic mass is 32.1. The first-order chi connectivity index (χ1) is 24.3. The van der Waals surface area contributed by atoms with Crippen molar-refractivity contribution in [3.05, 3.63) is 176 Å². The summed E-state index contributed by atoms with van der Waals surface area (Å²) in [5.74, 6) is 0.705. The van der Waals surface area contributed by atoms with Gasteiger partial charge in [0.25, 0.3) is 0 Å². The molecule has 0 spiro atoms. The summed E-state index contributed by atoms with van der Waals surface area (Å²) in [5.41, 5.74) is 11.8. The molecule has 0 unspecified atom stereocenters. The normalized spacial score (nSPS) is 11.3. The third-order valence-corrected chi connectivity index (χ3v) is 10.1. The van der Waals surface area contributed by atoms with Crippen LogP contribution in [-0.2, 0) is 0 Å². The largest absolute Gasteiger partial charge is 0.236 e. The van der Waals surface area contributed by atoms with Gasteiger partial charge < -0.3 is 0 Å². The summed E-state index contributed by atoms with van der Waals surface area (Å²) in [6.07, 6.45) is 0. The minimum absolute atomic E-state index is 0.705.